The van der Waals surface area contributed by atoms with Gasteiger partial charge in [0.25, 0.3) is 0 Å². The molecule has 3 heteroatoms. The first-order chi connectivity index (χ1) is 14.8. The van der Waals surface area contributed by atoms with Gasteiger partial charge in [-0.1, -0.05) is 79.4 Å². The third-order valence-electron chi connectivity index (χ3n) is 6.25. The second-order valence-corrected chi connectivity index (χ2v) is 14.5. The summed E-state index contributed by atoms with van der Waals surface area (Å²) in [7, 11) is 0.805. The van der Waals surface area contributed by atoms with E-state index in [1.807, 2.05) is 12.1 Å². The van der Waals surface area contributed by atoms with Crippen molar-refractivity contribution in [3.05, 3.63) is 84.6 Å². The molecule has 0 aliphatic heterocycles. The first-order valence-corrected chi connectivity index (χ1v) is 14.3. The van der Waals surface area contributed by atoms with Gasteiger partial charge in [0.05, 0.1) is 13.6 Å². The molecule has 0 aliphatic carbocycles. The van der Waals surface area contributed by atoms with E-state index in [9.17, 15) is 0 Å². The van der Waals surface area contributed by atoms with Gasteiger partial charge in [-0.25, -0.2) is 4.57 Å². The van der Waals surface area contributed by atoms with Crippen molar-refractivity contribution < 1.29 is 8.98 Å². The molecular formula is C28H28NOSi+. The molecule has 0 saturated carbocycles. The molecule has 0 saturated heterocycles. The number of aromatic nitrogens is 1. The maximum Gasteiger partial charge on any atom is 0.216 e. The Labute approximate surface area is 184 Å². The molecule has 2 nitrogen and oxygen atoms in total. The fourth-order valence-electron chi connectivity index (χ4n) is 4.37. The molecule has 5 aromatic rings. The van der Waals surface area contributed by atoms with Crippen LogP contribution in [0.25, 0.3) is 44.3 Å². The van der Waals surface area contributed by atoms with Crippen molar-refractivity contribution in [3.8, 4) is 22.4 Å². The van der Waals surface area contributed by atoms with Gasteiger partial charge in [-0.15, -0.1) is 0 Å². The van der Waals surface area contributed by atoms with Crippen molar-refractivity contribution in [2.24, 2.45) is 7.05 Å². The van der Waals surface area contributed by atoms with Crippen LogP contribution in [0.1, 0.15) is 5.56 Å². The minimum atomic E-state index is -1.30. The quantitative estimate of drug-likeness (QED) is 0.236. The topological polar surface area (TPSA) is 17.0 Å². The molecule has 0 radical (unpaired) electrons. The van der Waals surface area contributed by atoms with Crippen molar-refractivity contribution in [2.45, 2.75) is 26.6 Å². The van der Waals surface area contributed by atoms with Gasteiger partial charge in [-0.2, -0.15) is 0 Å². The van der Waals surface area contributed by atoms with E-state index in [4.69, 9.17) is 4.42 Å². The van der Waals surface area contributed by atoms with Crippen LogP contribution in [0.4, 0.5) is 0 Å². The minimum absolute atomic E-state index is 0.935. The molecule has 0 fully saturated rings. The van der Waals surface area contributed by atoms with Crippen LogP contribution < -0.4 is 9.75 Å². The van der Waals surface area contributed by atoms with Crippen LogP contribution in [0.2, 0.25) is 19.6 Å². The van der Waals surface area contributed by atoms with Gasteiger partial charge < -0.3 is 4.42 Å². The van der Waals surface area contributed by atoms with Crippen LogP contribution in [0, 0.1) is 6.92 Å². The Morgan fingerprint density at radius 2 is 1.52 bits per heavy atom. The predicted molar refractivity (Wildman–Crippen MR) is 133 cm³/mol. The van der Waals surface area contributed by atoms with Gasteiger partial charge in [0, 0.05) is 22.9 Å². The highest BCUT2D eigenvalue weighted by atomic mass is 28.3. The maximum absolute atomic E-state index is 6.36. The van der Waals surface area contributed by atoms with Gasteiger partial charge in [0.15, 0.2) is 6.20 Å². The summed E-state index contributed by atoms with van der Waals surface area (Å²) in [4.78, 5) is 0. The van der Waals surface area contributed by atoms with Gasteiger partial charge >= 0.3 is 0 Å². The summed E-state index contributed by atoms with van der Waals surface area (Å²) in [6, 6.07) is 26.3. The zero-order valence-electron chi connectivity index (χ0n) is 18.9. The molecule has 0 amide bonds. The van der Waals surface area contributed by atoms with Crippen LogP contribution >= 0.6 is 0 Å². The van der Waals surface area contributed by atoms with E-state index in [0.29, 0.717) is 0 Å². The molecular weight excluding hydrogens is 394 g/mol. The van der Waals surface area contributed by atoms with E-state index in [1.165, 1.54) is 32.6 Å². The summed E-state index contributed by atoms with van der Waals surface area (Å²) >= 11 is 0. The van der Waals surface area contributed by atoms with Crippen LogP contribution in [-0.2, 0) is 7.05 Å². The summed E-state index contributed by atoms with van der Waals surface area (Å²) in [5.41, 5.74) is 7.91. The molecule has 0 unspecified atom stereocenters. The molecule has 0 aliphatic rings. The summed E-state index contributed by atoms with van der Waals surface area (Å²) in [5, 5.41) is 3.82. The molecule has 0 atom stereocenters. The van der Waals surface area contributed by atoms with E-state index >= 15 is 0 Å². The minimum Gasteiger partial charge on any atom is -0.455 e. The number of nitrogens with zero attached hydrogens (tertiary/aromatic N) is 1. The molecule has 0 bridgehead atoms. The predicted octanol–water partition coefficient (Wildman–Crippen LogP) is 6.60. The van der Waals surface area contributed by atoms with Crippen LogP contribution in [0.5, 0.6) is 0 Å². The lowest BCUT2D eigenvalue weighted by atomic mass is 9.98. The third-order valence-corrected chi connectivity index (χ3v) is 8.31. The normalized spacial score (nSPS) is 12.0. The Kier molecular flexibility index (Phi) is 4.60. The number of pyridine rings is 1. The standard InChI is InChI=1S/C28H28NOSi/c1-19-10-15-24-23-8-6-7-9-26(23)30-28(24)27(19)25-18-21(16-17-29(25)2)20-11-13-22(14-12-20)31(3,4)5/h6-18H,1-5H3/q+1. The lowest BCUT2D eigenvalue weighted by molar-refractivity contribution is -0.660. The average molecular weight is 423 g/mol. The maximum atomic E-state index is 6.36. The number of fused-ring (bicyclic) bond motifs is 3. The SMILES string of the molecule is Cc1ccc2c(oc3ccccc32)c1-c1cc(-c2ccc([Si](C)(C)C)cc2)cc[n+]1C. The van der Waals surface area contributed by atoms with Gasteiger partial charge in [0.2, 0.25) is 5.69 Å². The summed E-state index contributed by atoms with van der Waals surface area (Å²) in [6.45, 7) is 9.33. The van der Waals surface area contributed by atoms with Crippen molar-refractivity contribution in [1.29, 1.82) is 0 Å². The summed E-state index contributed by atoms with van der Waals surface area (Å²) in [6.07, 6.45) is 2.15. The van der Waals surface area contributed by atoms with E-state index in [-0.39, 0.29) is 0 Å². The number of benzene rings is 3. The van der Waals surface area contributed by atoms with Crippen molar-refractivity contribution in [1.82, 2.24) is 0 Å². The Balaban J connectivity index is 1.70. The molecule has 0 N–H and O–H groups in total. The third kappa shape index (κ3) is 3.39. The highest BCUT2D eigenvalue weighted by molar-refractivity contribution is 6.88. The van der Waals surface area contributed by atoms with Crippen molar-refractivity contribution in [3.63, 3.8) is 0 Å². The second-order valence-electron chi connectivity index (χ2n) is 9.47. The molecule has 5 rings (SSSR count). The van der Waals surface area contributed by atoms with Crippen LogP contribution in [0.3, 0.4) is 0 Å². The van der Waals surface area contributed by atoms with Gasteiger partial charge in [0.1, 0.15) is 18.2 Å². The average Bonchev–Trinajstić information content (AvgIpc) is 3.12. The highest BCUT2D eigenvalue weighted by Gasteiger charge is 2.21. The zero-order valence-corrected chi connectivity index (χ0v) is 19.9. The zero-order chi connectivity index (χ0) is 21.8. The molecule has 31 heavy (non-hydrogen) atoms. The Hall–Kier alpha value is -3.17. The van der Waals surface area contributed by atoms with E-state index in [1.54, 1.807) is 0 Å². The highest BCUT2D eigenvalue weighted by Crippen LogP contribution is 2.37. The molecule has 2 heterocycles. The second kappa shape index (κ2) is 7.21. The number of aryl methyl sites for hydroxylation is 2. The lowest BCUT2D eigenvalue weighted by Crippen LogP contribution is -2.37. The first kappa shape index (κ1) is 19.8. The summed E-state index contributed by atoms with van der Waals surface area (Å²) < 4.78 is 8.55. The number of para-hydroxylation sites is 1. The van der Waals surface area contributed by atoms with Crippen molar-refractivity contribution >= 4 is 35.2 Å². The lowest BCUT2D eigenvalue weighted by Gasteiger charge is -2.16. The molecule has 0 spiro atoms. The monoisotopic (exact) mass is 422 g/mol. The van der Waals surface area contributed by atoms with Crippen LogP contribution in [-0.4, -0.2) is 8.07 Å². The Morgan fingerprint density at radius 3 is 2.26 bits per heavy atom. The van der Waals surface area contributed by atoms with E-state index < -0.39 is 8.07 Å². The van der Waals surface area contributed by atoms with E-state index in [2.05, 4.69) is 105 Å². The van der Waals surface area contributed by atoms with Gasteiger partial charge in [-0.3, -0.25) is 0 Å². The number of hydrogen-bond acceptors (Lipinski definition) is 1. The van der Waals surface area contributed by atoms with Crippen LogP contribution in [0.15, 0.2) is 83.4 Å². The Bertz CT molecular complexity index is 1420. The molecule has 154 valence electrons. The Morgan fingerprint density at radius 1 is 0.774 bits per heavy atom. The first-order valence-electron chi connectivity index (χ1n) is 10.8. The van der Waals surface area contributed by atoms with E-state index in [0.717, 1.165) is 22.4 Å². The fraction of sp³-hybridized carbons (Fsp3) is 0.179. The van der Waals surface area contributed by atoms with Gasteiger partial charge in [-0.05, 0) is 29.7 Å². The number of rotatable bonds is 3. The smallest absolute Gasteiger partial charge is 0.216 e. The molecule has 3 aromatic carbocycles. The number of furan rings is 1. The molecule has 2 aromatic heterocycles. The number of hydrogen-bond donors (Lipinski definition) is 0. The van der Waals surface area contributed by atoms with Crippen molar-refractivity contribution in [2.75, 3.05) is 0 Å². The largest absolute Gasteiger partial charge is 0.455 e. The summed E-state index contributed by atoms with van der Waals surface area (Å²) in [5.74, 6) is 0. The fourth-order valence-corrected chi connectivity index (χ4v) is 5.53.